The lowest BCUT2D eigenvalue weighted by atomic mass is 9.99. The molecule has 8 nitrogen and oxygen atoms in total. The van der Waals surface area contributed by atoms with Crippen molar-refractivity contribution in [2.75, 3.05) is 13.1 Å². The average Bonchev–Trinajstić information content (AvgIpc) is 2.46. The highest BCUT2D eigenvalue weighted by Gasteiger charge is 2.35. The molecule has 1 heterocycles. The summed E-state index contributed by atoms with van der Waals surface area (Å²) >= 11 is 3.07. The average molecular weight is 393 g/mol. The minimum absolute atomic E-state index is 0.0342. The van der Waals surface area contributed by atoms with Crippen LogP contribution in [0.2, 0.25) is 0 Å². The van der Waals surface area contributed by atoms with E-state index in [1.165, 1.54) is 12.1 Å². The molecule has 1 saturated heterocycles. The molecular formula is C12H13BrN2O6S. The Labute approximate surface area is 135 Å². The van der Waals surface area contributed by atoms with Crippen molar-refractivity contribution in [3.8, 4) is 0 Å². The molecule has 1 aromatic rings. The number of sulfonamides is 1. The predicted octanol–water partition coefficient (Wildman–Crippen LogP) is 1.84. The first-order valence-corrected chi connectivity index (χ1v) is 8.63. The van der Waals surface area contributed by atoms with Crippen LogP contribution in [0, 0.1) is 16.0 Å². The van der Waals surface area contributed by atoms with Crippen LogP contribution in [-0.4, -0.2) is 41.8 Å². The number of hydrogen-bond donors (Lipinski definition) is 1. The number of hydrogen-bond acceptors (Lipinski definition) is 5. The molecule has 0 spiro atoms. The molecule has 22 heavy (non-hydrogen) atoms. The van der Waals surface area contributed by atoms with Crippen molar-refractivity contribution in [3.63, 3.8) is 0 Å². The van der Waals surface area contributed by atoms with Gasteiger partial charge in [0.15, 0.2) is 4.90 Å². The molecule has 0 aromatic heterocycles. The molecule has 0 aliphatic carbocycles. The summed E-state index contributed by atoms with van der Waals surface area (Å²) in [6, 6.07) is 3.74. The number of carbonyl (C=O) groups is 1. The number of benzene rings is 1. The van der Waals surface area contributed by atoms with Crippen LogP contribution in [0.1, 0.15) is 12.8 Å². The van der Waals surface area contributed by atoms with Crippen molar-refractivity contribution >= 4 is 37.6 Å². The van der Waals surface area contributed by atoms with Gasteiger partial charge in [-0.15, -0.1) is 0 Å². The Balaban J connectivity index is 2.32. The van der Waals surface area contributed by atoms with Gasteiger partial charge in [-0.25, -0.2) is 8.42 Å². The number of nitrogens with zero attached hydrogens (tertiary/aromatic N) is 2. The third-order valence-electron chi connectivity index (χ3n) is 3.54. The maximum absolute atomic E-state index is 12.6. The van der Waals surface area contributed by atoms with E-state index in [0.29, 0.717) is 4.47 Å². The highest BCUT2D eigenvalue weighted by atomic mass is 79.9. The van der Waals surface area contributed by atoms with Crippen molar-refractivity contribution in [3.05, 3.63) is 32.8 Å². The van der Waals surface area contributed by atoms with Crippen LogP contribution in [0.5, 0.6) is 0 Å². The van der Waals surface area contributed by atoms with E-state index in [-0.39, 0.29) is 30.8 Å². The van der Waals surface area contributed by atoms with Gasteiger partial charge in [-0.3, -0.25) is 14.9 Å². The molecule has 0 radical (unpaired) electrons. The van der Waals surface area contributed by atoms with Crippen LogP contribution in [0.3, 0.4) is 0 Å². The molecule has 0 unspecified atom stereocenters. The van der Waals surface area contributed by atoms with Gasteiger partial charge < -0.3 is 5.11 Å². The summed E-state index contributed by atoms with van der Waals surface area (Å²) in [5, 5.41) is 20.0. The minimum Gasteiger partial charge on any atom is -0.481 e. The largest absolute Gasteiger partial charge is 0.481 e. The van der Waals surface area contributed by atoms with E-state index in [1.54, 1.807) is 0 Å². The number of nitro benzene ring substituents is 1. The zero-order valence-corrected chi connectivity index (χ0v) is 13.7. The molecular weight excluding hydrogens is 380 g/mol. The van der Waals surface area contributed by atoms with E-state index < -0.39 is 32.5 Å². The van der Waals surface area contributed by atoms with Gasteiger partial charge in [0.05, 0.1) is 10.8 Å². The number of carboxylic acid groups (broad SMARTS) is 1. The second-order valence-corrected chi connectivity index (χ2v) is 7.71. The third kappa shape index (κ3) is 3.28. The lowest BCUT2D eigenvalue weighted by Gasteiger charge is -2.29. The topological polar surface area (TPSA) is 118 Å². The SMILES string of the molecule is O=C(O)C1CCN(S(=O)(=O)c2ccc(Br)cc2[N+](=O)[O-])CC1. The third-order valence-corrected chi connectivity index (χ3v) is 5.98. The first-order chi connectivity index (χ1) is 10.2. The fraction of sp³-hybridized carbons (Fsp3) is 0.417. The van der Waals surface area contributed by atoms with E-state index in [0.717, 1.165) is 10.4 Å². The summed E-state index contributed by atoms with van der Waals surface area (Å²) in [5.41, 5.74) is -0.505. The molecule has 0 saturated carbocycles. The Morgan fingerprint density at radius 3 is 2.45 bits per heavy atom. The van der Waals surface area contributed by atoms with E-state index in [9.17, 15) is 23.3 Å². The van der Waals surface area contributed by atoms with Gasteiger partial charge >= 0.3 is 5.97 Å². The van der Waals surface area contributed by atoms with Gasteiger partial charge in [0, 0.05) is 23.6 Å². The molecule has 1 N–H and O–H groups in total. The monoisotopic (exact) mass is 392 g/mol. The van der Waals surface area contributed by atoms with Crippen LogP contribution in [0.15, 0.2) is 27.6 Å². The highest BCUT2D eigenvalue weighted by molar-refractivity contribution is 9.10. The first-order valence-electron chi connectivity index (χ1n) is 6.40. The molecule has 1 fully saturated rings. The second kappa shape index (κ2) is 6.31. The van der Waals surface area contributed by atoms with Crippen LogP contribution in [-0.2, 0) is 14.8 Å². The Kier molecular flexibility index (Phi) is 4.83. The van der Waals surface area contributed by atoms with E-state index in [1.807, 2.05) is 0 Å². The van der Waals surface area contributed by atoms with Crippen LogP contribution < -0.4 is 0 Å². The van der Waals surface area contributed by atoms with Gasteiger partial charge in [-0.1, -0.05) is 15.9 Å². The Morgan fingerprint density at radius 1 is 1.36 bits per heavy atom. The quantitative estimate of drug-likeness (QED) is 0.616. The van der Waals surface area contributed by atoms with Crippen molar-refractivity contribution in [2.45, 2.75) is 17.7 Å². The van der Waals surface area contributed by atoms with Gasteiger partial charge in [0.25, 0.3) is 5.69 Å². The second-order valence-electron chi connectivity index (χ2n) is 4.89. The van der Waals surface area contributed by atoms with Crippen molar-refractivity contribution in [1.82, 2.24) is 4.31 Å². The van der Waals surface area contributed by atoms with E-state index in [4.69, 9.17) is 5.11 Å². The highest BCUT2D eigenvalue weighted by Crippen LogP contribution is 2.31. The molecule has 120 valence electrons. The fourth-order valence-corrected chi connectivity index (χ4v) is 4.29. The molecule has 0 atom stereocenters. The van der Waals surface area contributed by atoms with Crippen LogP contribution >= 0.6 is 15.9 Å². The van der Waals surface area contributed by atoms with Crippen LogP contribution in [0.25, 0.3) is 0 Å². The molecule has 2 rings (SSSR count). The van der Waals surface area contributed by atoms with E-state index >= 15 is 0 Å². The lowest BCUT2D eigenvalue weighted by Crippen LogP contribution is -2.40. The summed E-state index contributed by atoms with van der Waals surface area (Å²) < 4.78 is 26.6. The van der Waals surface area contributed by atoms with Crippen molar-refractivity contribution < 1.29 is 23.2 Å². The number of nitro groups is 1. The maximum Gasteiger partial charge on any atom is 0.306 e. The predicted molar refractivity (Wildman–Crippen MR) is 79.9 cm³/mol. The summed E-state index contributed by atoms with van der Waals surface area (Å²) in [7, 11) is -4.03. The van der Waals surface area contributed by atoms with Gasteiger partial charge in [0.1, 0.15) is 0 Å². The number of aliphatic carboxylic acids is 1. The van der Waals surface area contributed by atoms with Gasteiger partial charge in [0.2, 0.25) is 10.0 Å². The molecule has 0 bridgehead atoms. The Hall–Kier alpha value is -1.52. The molecule has 1 aliphatic rings. The fourth-order valence-electron chi connectivity index (χ4n) is 2.33. The summed E-state index contributed by atoms with van der Waals surface area (Å²) in [5.74, 6) is -1.53. The minimum atomic E-state index is -4.03. The molecule has 0 amide bonds. The van der Waals surface area contributed by atoms with Gasteiger partial charge in [-0.2, -0.15) is 4.31 Å². The summed E-state index contributed by atoms with van der Waals surface area (Å²) in [6.07, 6.45) is 0.387. The molecule has 10 heteroatoms. The number of carboxylic acids is 1. The molecule has 1 aliphatic heterocycles. The summed E-state index contributed by atoms with van der Waals surface area (Å²) in [4.78, 5) is 20.8. The van der Waals surface area contributed by atoms with Crippen molar-refractivity contribution in [1.29, 1.82) is 0 Å². The maximum atomic E-state index is 12.6. The van der Waals surface area contributed by atoms with E-state index in [2.05, 4.69) is 15.9 Å². The standard InChI is InChI=1S/C12H13BrN2O6S/c13-9-1-2-11(10(7-9)15(18)19)22(20,21)14-5-3-8(4-6-14)12(16)17/h1-2,7-8H,3-6H2,(H,16,17). The summed E-state index contributed by atoms with van der Waals surface area (Å²) in [6.45, 7) is 0.0685. The smallest absolute Gasteiger partial charge is 0.306 e. The lowest BCUT2D eigenvalue weighted by molar-refractivity contribution is -0.387. The first kappa shape index (κ1) is 16.8. The zero-order chi connectivity index (χ0) is 16.5. The number of rotatable bonds is 4. The Bertz CT molecular complexity index is 712. The number of piperidine rings is 1. The normalized spacial score (nSPS) is 17.3. The number of halogens is 1. The Morgan fingerprint density at radius 2 is 1.95 bits per heavy atom. The van der Waals surface area contributed by atoms with Crippen molar-refractivity contribution in [2.24, 2.45) is 5.92 Å². The van der Waals surface area contributed by atoms with Gasteiger partial charge in [-0.05, 0) is 25.0 Å². The van der Waals surface area contributed by atoms with Crippen LogP contribution in [0.4, 0.5) is 5.69 Å². The zero-order valence-electron chi connectivity index (χ0n) is 11.3. The molecule has 1 aromatic carbocycles.